The highest BCUT2D eigenvalue weighted by Crippen LogP contribution is 2.42. The summed E-state index contributed by atoms with van der Waals surface area (Å²) < 4.78 is 34.7. The number of hydrogen-bond donors (Lipinski definition) is 3. The molecule has 0 saturated heterocycles. The largest absolute Gasteiger partial charge is 0.393 e. The Hall–Kier alpha value is -2.57. The van der Waals surface area contributed by atoms with Gasteiger partial charge in [0.25, 0.3) is 0 Å². The minimum absolute atomic E-state index is 0.0514. The molecule has 4 atom stereocenters. The highest BCUT2D eigenvalue weighted by molar-refractivity contribution is 7.84. The molecule has 0 spiro atoms. The molecule has 4 N–H and O–H groups in total. The van der Waals surface area contributed by atoms with Crippen LogP contribution in [0.25, 0.3) is 11.0 Å². The lowest BCUT2D eigenvalue weighted by atomic mass is 9.92. The Morgan fingerprint density at radius 2 is 2.09 bits per heavy atom. The molecule has 0 unspecified atom stereocenters. The predicted octanol–water partition coefficient (Wildman–Crippen LogP) is 1.86. The van der Waals surface area contributed by atoms with E-state index >= 15 is 0 Å². The second-order valence-corrected chi connectivity index (χ2v) is 10.4. The molecule has 0 amide bonds. The van der Waals surface area contributed by atoms with Gasteiger partial charge in [0.1, 0.15) is 17.8 Å². The van der Waals surface area contributed by atoms with Gasteiger partial charge in [0.2, 0.25) is 0 Å². The fraction of sp³-hybridized carbons (Fsp3) is 0.478. The van der Waals surface area contributed by atoms with Crippen LogP contribution in [0.3, 0.4) is 0 Å². The van der Waals surface area contributed by atoms with Gasteiger partial charge in [0.05, 0.1) is 30.2 Å². The molecule has 2 heterocycles. The fourth-order valence-corrected chi connectivity index (χ4v) is 5.87. The quantitative estimate of drug-likeness (QED) is 0.437. The fourth-order valence-electron chi connectivity index (χ4n) is 5.50. The van der Waals surface area contributed by atoms with Crippen molar-refractivity contribution in [3.05, 3.63) is 54.0 Å². The molecule has 182 valence electrons. The van der Waals surface area contributed by atoms with Crippen molar-refractivity contribution in [3.63, 3.8) is 0 Å². The zero-order valence-corrected chi connectivity index (χ0v) is 19.7. The second-order valence-electron chi connectivity index (χ2n) is 9.21. The van der Waals surface area contributed by atoms with Gasteiger partial charge < -0.3 is 19.7 Å². The monoisotopic (exact) mass is 487 g/mol. The van der Waals surface area contributed by atoms with Crippen molar-refractivity contribution in [2.24, 2.45) is 11.1 Å². The van der Waals surface area contributed by atoms with Crippen molar-refractivity contribution in [2.75, 3.05) is 25.6 Å². The molecule has 34 heavy (non-hydrogen) atoms. The standard InChI is InChI=1S/C23H29N5O5S/c1-32-13-23(8-6-15-4-2-3-5-19(15)23)27-21-18-7-9-28(22(18)26-14-25-21)17-10-16(20(29)11-17)12-33-34(24,30)31/h2-5,7,9,14,16-17,20,29H,6,8,10-13H2,1H3,(H2,24,30,31)(H,25,26,27)/t16-,17+,20-,23-/m1/s1. The summed E-state index contributed by atoms with van der Waals surface area (Å²) in [5, 5.41) is 20.0. The van der Waals surface area contributed by atoms with E-state index in [-0.39, 0.29) is 24.1 Å². The number of nitrogens with one attached hydrogen (secondary N) is 1. The summed E-state index contributed by atoms with van der Waals surface area (Å²) in [7, 11) is -2.34. The smallest absolute Gasteiger partial charge is 0.333 e. The van der Waals surface area contributed by atoms with Crippen LogP contribution < -0.4 is 10.5 Å². The zero-order valence-electron chi connectivity index (χ0n) is 18.9. The zero-order chi connectivity index (χ0) is 23.9. The van der Waals surface area contributed by atoms with Crippen molar-refractivity contribution >= 4 is 27.2 Å². The number of aliphatic hydroxyl groups excluding tert-OH is 1. The number of fused-ring (bicyclic) bond motifs is 2. The van der Waals surface area contributed by atoms with Gasteiger partial charge in [-0.15, -0.1) is 0 Å². The number of methoxy groups -OCH3 is 1. The molecule has 1 aromatic carbocycles. The molecule has 0 aliphatic heterocycles. The van der Waals surface area contributed by atoms with Gasteiger partial charge in [-0.1, -0.05) is 24.3 Å². The first-order chi connectivity index (χ1) is 16.3. The molecule has 0 radical (unpaired) electrons. The van der Waals surface area contributed by atoms with E-state index < -0.39 is 16.4 Å². The maximum Gasteiger partial charge on any atom is 0.333 e. The Labute approximate surface area is 198 Å². The summed E-state index contributed by atoms with van der Waals surface area (Å²) in [4.78, 5) is 9.08. The summed E-state index contributed by atoms with van der Waals surface area (Å²) in [5.74, 6) is 0.394. The third-order valence-corrected chi connectivity index (χ3v) is 7.55. The lowest BCUT2D eigenvalue weighted by Crippen LogP contribution is -2.38. The van der Waals surface area contributed by atoms with E-state index in [1.807, 2.05) is 22.9 Å². The van der Waals surface area contributed by atoms with Crippen molar-refractivity contribution < 1.29 is 22.4 Å². The predicted molar refractivity (Wildman–Crippen MR) is 126 cm³/mol. The van der Waals surface area contributed by atoms with Crippen LogP contribution in [0.4, 0.5) is 5.82 Å². The lowest BCUT2D eigenvalue weighted by Gasteiger charge is -2.32. The average Bonchev–Trinajstić information content (AvgIpc) is 3.49. The summed E-state index contributed by atoms with van der Waals surface area (Å²) in [6.07, 6.45) is 5.66. The first-order valence-electron chi connectivity index (χ1n) is 11.3. The second kappa shape index (κ2) is 8.90. The van der Waals surface area contributed by atoms with Crippen molar-refractivity contribution in [2.45, 2.75) is 43.4 Å². The summed E-state index contributed by atoms with van der Waals surface area (Å²) in [6, 6.07) is 10.3. The van der Waals surface area contributed by atoms with E-state index in [1.165, 1.54) is 17.5 Å². The summed E-state index contributed by atoms with van der Waals surface area (Å²) in [6.45, 7) is 0.368. The number of benzene rings is 1. The Morgan fingerprint density at radius 1 is 1.26 bits per heavy atom. The molecule has 1 saturated carbocycles. The molecule has 0 bridgehead atoms. The minimum Gasteiger partial charge on any atom is -0.393 e. The number of hydrogen-bond acceptors (Lipinski definition) is 8. The number of nitrogens with zero attached hydrogens (tertiary/aromatic N) is 3. The Morgan fingerprint density at radius 3 is 2.88 bits per heavy atom. The molecular formula is C23H29N5O5S. The number of anilines is 1. The van der Waals surface area contributed by atoms with Gasteiger partial charge >= 0.3 is 10.3 Å². The number of nitrogens with two attached hydrogens (primary N) is 1. The van der Waals surface area contributed by atoms with E-state index in [2.05, 4.69) is 33.5 Å². The summed E-state index contributed by atoms with van der Waals surface area (Å²) >= 11 is 0. The van der Waals surface area contributed by atoms with Gasteiger partial charge in [-0.3, -0.25) is 4.18 Å². The maximum atomic E-state index is 11.1. The normalized spacial score (nSPS) is 26.7. The van der Waals surface area contributed by atoms with Crippen molar-refractivity contribution in [1.29, 1.82) is 0 Å². The minimum atomic E-state index is -4.05. The number of aromatic nitrogens is 3. The van der Waals surface area contributed by atoms with E-state index in [9.17, 15) is 13.5 Å². The van der Waals surface area contributed by atoms with Crippen LogP contribution in [0.1, 0.15) is 36.4 Å². The van der Waals surface area contributed by atoms with Crippen LogP contribution in [-0.4, -0.2) is 54.5 Å². The molecular weight excluding hydrogens is 458 g/mol. The van der Waals surface area contributed by atoms with Crippen LogP contribution in [0.2, 0.25) is 0 Å². The molecule has 10 nitrogen and oxygen atoms in total. The van der Waals surface area contributed by atoms with E-state index in [0.717, 1.165) is 29.7 Å². The SMILES string of the molecule is COC[C@]1(Nc2ncnc3c2ccn3[C@H]2C[C@H](COS(N)(=O)=O)[C@H](O)C2)CCc2ccccc21. The van der Waals surface area contributed by atoms with Gasteiger partial charge in [0.15, 0.2) is 0 Å². The van der Waals surface area contributed by atoms with E-state index in [0.29, 0.717) is 19.4 Å². The average molecular weight is 488 g/mol. The Kier molecular flexibility index (Phi) is 6.07. The molecule has 2 aromatic heterocycles. The Bertz CT molecular complexity index is 1290. The lowest BCUT2D eigenvalue weighted by molar-refractivity contribution is 0.100. The molecule has 2 aliphatic rings. The number of aryl methyl sites for hydroxylation is 1. The topological polar surface area (TPSA) is 142 Å². The number of aliphatic hydroxyl groups is 1. The molecule has 3 aromatic rings. The third-order valence-electron chi connectivity index (χ3n) is 7.08. The van der Waals surface area contributed by atoms with Crippen LogP contribution in [0.5, 0.6) is 0 Å². The first-order valence-corrected chi connectivity index (χ1v) is 12.8. The van der Waals surface area contributed by atoms with Crippen LogP contribution in [0, 0.1) is 5.92 Å². The van der Waals surface area contributed by atoms with Gasteiger partial charge in [-0.25, -0.2) is 15.1 Å². The van der Waals surface area contributed by atoms with Crippen molar-refractivity contribution in [3.8, 4) is 0 Å². The number of rotatable bonds is 8. The number of ether oxygens (including phenoxy) is 1. The van der Waals surface area contributed by atoms with Gasteiger partial charge in [-0.05, 0) is 42.9 Å². The van der Waals surface area contributed by atoms with Gasteiger partial charge in [-0.2, -0.15) is 8.42 Å². The highest BCUT2D eigenvalue weighted by Gasteiger charge is 2.40. The molecule has 1 fully saturated rings. The highest BCUT2D eigenvalue weighted by atomic mass is 32.2. The van der Waals surface area contributed by atoms with E-state index in [1.54, 1.807) is 7.11 Å². The molecule has 11 heteroatoms. The maximum absolute atomic E-state index is 11.1. The third kappa shape index (κ3) is 4.29. The molecule has 5 rings (SSSR count). The van der Waals surface area contributed by atoms with Gasteiger partial charge in [0, 0.05) is 25.3 Å². The van der Waals surface area contributed by atoms with Crippen LogP contribution >= 0.6 is 0 Å². The van der Waals surface area contributed by atoms with Crippen LogP contribution in [0.15, 0.2) is 42.9 Å². The molecule has 2 aliphatic carbocycles. The Balaban J connectivity index is 1.42. The first kappa shape index (κ1) is 23.2. The van der Waals surface area contributed by atoms with E-state index in [4.69, 9.17) is 14.1 Å². The van der Waals surface area contributed by atoms with Crippen LogP contribution in [-0.2, 0) is 31.2 Å². The van der Waals surface area contributed by atoms with Crippen molar-refractivity contribution in [1.82, 2.24) is 14.5 Å². The summed E-state index contributed by atoms with van der Waals surface area (Å²) in [5.41, 5.74) is 2.90.